The van der Waals surface area contributed by atoms with Crippen molar-refractivity contribution in [1.29, 1.82) is 0 Å². The highest BCUT2D eigenvalue weighted by Crippen LogP contribution is 2.15. The highest BCUT2D eigenvalue weighted by atomic mass is 16.6. The number of carbonyl (C=O) groups excluding carboxylic acids is 2. The quantitative estimate of drug-likeness (QED) is 0.0519. The summed E-state index contributed by atoms with van der Waals surface area (Å²) in [7, 11) is 0. The Morgan fingerprint density at radius 3 is 0.705 bits per heavy atom. The molecule has 0 heterocycles. The van der Waals surface area contributed by atoms with Crippen molar-refractivity contribution in [2.24, 2.45) is 0 Å². The van der Waals surface area contributed by atoms with Gasteiger partial charge in [-0.15, -0.1) is 0 Å². The minimum Gasteiger partial charge on any atom is -0.462 e. The second-order valence-electron chi connectivity index (χ2n) is 12.8. The van der Waals surface area contributed by atoms with Gasteiger partial charge in [0.1, 0.15) is 13.2 Å². The van der Waals surface area contributed by atoms with Crippen LogP contribution >= 0.6 is 0 Å². The third-order valence-corrected chi connectivity index (χ3v) is 8.58. The lowest BCUT2D eigenvalue weighted by atomic mass is 10.0. The van der Waals surface area contributed by atoms with E-state index < -0.39 is 0 Å². The van der Waals surface area contributed by atoms with Crippen LogP contribution in [0.3, 0.4) is 0 Å². The molecular weight excluding hydrogens is 544 g/mol. The van der Waals surface area contributed by atoms with Crippen molar-refractivity contribution >= 4 is 11.9 Å². The van der Waals surface area contributed by atoms with Crippen molar-refractivity contribution in [2.45, 2.75) is 234 Å². The third-order valence-electron chi connectivity index (χ3n) is 8.58. The lowest BCUT2D eigenvalue weighted by Gasteiger charge is -2.07. The minimum absolute atomic E-state index is 0. The molecule has 4 nitrogen and oxygen atoms in total. The molecule has 4 heteroatoms. The molecule has 0 unspecified atom stereocenters. The molecule has 0 aliphatic rings. The Morgan fingerprint density at radius 1 is 0.318 bits per heavy atom. The summed E-state index contributed by atoms with van der Waals surface area (Å²) in [4.78, 5) is 23.8. The van der Waals surface area contributed by atoms with Gasteiger partial charge in [-0.3, -0.25) is 9.59 Å². The van der Waals surface area contributed by atoms with E-state index in [9.17, 15) is 9.59 Å². The fourth-order valence-electron chi connectivity index (χ4n) is 5.74. The van der Waals surface area contributed by atoms with E-state index in [0.717, 1.165) is 25.7 Å². The Bertz CT molecular complexity index is 499. The number of rotatable bonds is 35. The molecule has 0 saturated heterocycles. The van der Waals surface area contributed by atoms with Crippen LogP contribution in [-0.2, 0) is 19.1 Å². The minimum atomic E-state index is -0.164. The van der Waals surface area contributed by atoms with Crippen molar-refractivity contribution in [3.8, 4) is 0 Å². The zero-order valence-corrected chi connectivity index (χ0v) is 28.7. The Kier molecular flexibility index (Phi) is 45.1. The summed E-state index contributed by atoms with van der Waals surface area (Å²) < 4.78 is 10.5. The van der Waals surface area contributed by atoms with E-state index in [1.807, 2.05) is 0 Å². The van der Waals surface area contributed by atoms with Crippen LogP contribution in [0, 0.1) is 0 Å². The molecular formula is C40H82O4. The van der Waals surface area contributed by atoms with E-state index in [2.05, 4.69) is 13.8 Å². The Hall–Kier alpha value is -1.06. The lowest BCUT2D eigenvalue weighted by Crippen LogP contribution is -2.13. The molecule has 0 N–H and O–H groups in total. The molecule has 0 aliphatic heterocycles. The van der Waals surface area contributed by atoms with Gasteiger partial charge in [0.05, 0.1) is 0 Å². The van der Waals surface area contributed by atoms with Crippen molar-refractivity contribution in [3.63, 3.8) is 0 Å². The largest absolute Gasteiger partial charge is 0.462 e. The zero-order valence-electron chi connectivity index (χ0n) is 28.7. The molecule has 266 valence electrons. The SMILES string of the molecule is C.C.CCCCCCCCCCCCCCCCCC(=O)OCCOC(=O)CCCCCCCCCCCCCCCCC. The first-order valence-corrected chi connectivity index (χ1v) is 19.0. The second-order valence-corrected chi connectivity index (χ2v) is 12.8. The highest BCUT2D eigenvalue weighted by Gasteiger charge is 2.06. The van der Waals surface area contributed by atoms with Crippen molar-refractivity contribution in [3.05, 3.63) is 0 Å². The molecule has 0 bridgehead atoms. The summed E-state index contributed by atoms with van der Waals surface area (Å²) in [5.41, 5.74) is 0. The van der Waals surface area contributed by atoms with Gasteiger partial charge in [0, 0.05) is 12.8 Å². The van der Waals surface area contributed by atoms with Gasteiger partial charge in [0.2, 0.25) is 0 Å². The number of carbonyl (C=O) groups is 2. The lowest BCUT2D eigenvalue weighted by molar-refractivity contribution is -0.152. The van der Waals surface area contributed by atoms with Gasteiger partial charge in [-0.25, -0.2) is 0 Å². The zero-order chi connectivity index (χ0) is 30.6. The maximum atomic E-state index is 11.9. The Balaban J connectivity index is -0.00000840. The average Bonchev–Trinajstić information content (AvgIpc) is 2.99. The van der Waals surface area contributed by atoms with Gasteiger partial charge in [-0.05, 0) is 12.8 Å². The maximum Gasteiger partial charge on any atom is 0.305 e. The van der Waals surface area contributed by atoms with Crippen LogP contribution in [0.4, 0.5) is 0 Å². The molecule has 0 aromatic carbocycles. The Morgan fingerprint density at radius 2 is 0.500 bits per heavy atom. The van der Waals surface area contributed by atoms with Crippen molar-refractivity contribution in [2.75, 3.05) is 13.2 Å². The van der Waals surface area contributed by atoms with Crippen LogP contribution in [0.25, 0.3) is 0 Å². The summed E-state index contributed by atoms with van der Waals surface area (Å²) in [6.45, 7) is 4.92. The monoisotopic (exact) mass is 627 g/mol. The summed E-state index contributed by atoms with van der Waals surface area (Å²) in [5, 5.41) is 0. The van der Waals surface area contributed by atoms with Crippen LogP contribution in [0.1, 0.15) is 234 Å². The third kappa shape index (κ3) is 40.9. The molecule has 0 rings (SSSR count). The molecule has 0 spiro atoms. The molecule has 0 saturated carbocycles. The Labute approximate surface area is 278 Å². The van der Waals surface area contributed by atoms with Crippen LogP contribution < -0.4 is 0 Å². The number of ether oxygens (including phenoxy) is 2. The van der Waals surface area contributed by atoms with Gasteiger partial charge in [-0.1, -0.05) is 208 Å². The van der Waals surface area contributed by atoms with Gasteiger partial charge >= 0.3 is 11.9 Å². The van der Waals surface area contributed by atoms with Crippen LogP contribution in [0.2, 0.25) is 0 Å². The van der Waals surface area contributed by atoms with Crippen LogP contribution in [-0.4, -0.2) is 25.2 Å². The predicted molar refractivity (Wildman–Crippen MR) is 194 cm³/mol. The summed E-state index contributed by atoms with van der Waals surface area (Å²) in [6.07, 6.45) is 40.5. The van der Waals surface area contributed by atoms with Crippen molar-refractivity contribution in [1.82, 2.24) is 0 Å². The predicted octanol–water partition coefficient (Wildman–Crippen LogP) is 13.9. The van der Waals surface area contributed by atoms with E-state index in [1.165, 1.54) is 167 Å². The summed E-state index contributed by atoms with van der Waals surface area (Å²) in [5.74, 6) is -0.327. The molecule has 0 aromatic heterocycles. The first-order valence-electron chi connectivity index (χ1n) is 19.0. The highest BCUT2D eigenvalue weighted by molar-refractivity contribution is 5.70. The van der Waals surface area contributed by atoms with Crippen molar-refractivity contribution < 1.29 is 19.1 Å². The first-order chi connectivity index (χ1) is 20.7. The first kappa shape index (κ1) is 47.3. The molecule has 44 heavy (non-hydrogen) atoms. The maximum absolute atomic E-state index is 11.9. The fourth-order valence-corrected chi connectivity index (χ4v) is 5.74. The number of unbranched alkanes of at least 4 members (excludes halogenated alkanes) is 28. The standard InChI is InChI=1S/C38H74O4.2CH4/c1-3-5-7-9-11-13-15-17-19-21-23-25-27-29-31-33-37(39)41-35-36-42-38(40)34-32-30-28-26-24-22-20-18-16-14-12-10-8-6-4-2;;/h3-36H2,1-2H3;2*1H4. The molecule has 0 amide bonds. The van der Waals surface area contributed by atoms with E-state index in [1.54, 1.807) is 0 Å². The topological polar surface area (TPSA) is 52.6 Å². The van der Waals surface area contributed by atoms with Gasteiger partial charge < -0.3 is 9.47 Å². The summed E-state index contributed by atoms with van der Waals surface area (Å²) in [6, 6.07) is 0. The molecule has 0 atom stereocenters. The van der Waals surface area contributed by atoms with Gasteiger partial charge in [-0.2, -0.15) is 0 Å². The number of hydrogen-bond acceptors (Lipinski definition) is 4. The van der Waals surface area contributed by atoms with Crippen LogP contribution in [0.15, 0.2) is 0 Å². The van der Waals surface area contributed by atoms with Gasteiger partial charge in [0.15, 0.2) is 0 Å². The molecule has 0 aromatic rings. The van der Waals surface area contributed by atoms with Crippen LogP contribution in [0.5, 0.6) is 0 Å². The smallest absolute Gasteiger partial charge is 0.305 e. The second kappa shape index (κ2) is 41.9. The fraction of sp³-hybridized carbons (Fsp3) is 0.950. The molecule has 0 fully saturated rings. The number of esters is 2. The van der Waals surface area contributed by atoms with Gasteiger partial charge in [0.25, 0.3) is 0 Å². The molecule has 0 aliphatic carbocycles. The van der Waals surface area contributed by atoms with E-state index >= 15 is 0 Å². The number of hydrogen-bond donors (Lipinski definition) is 0. The van der Waals surface area contributed by atoms with E-state index in [0.29, 0.717) is 12.8 Å². The summed E-state index contributed by atoms with van der Waals surface area (Å²) >= 11 is 0. The van der Waals surface area contributed by atoms with E-state index in [4.69, 9.17) is 9.47 Å². The average molecular weight is 627 g/mol. The van der Waals surface area contributed by atoms with E-state index in [-0.39, 0.29) is 40.0 Å². The molecule has 0 radical (unpaired) electrons. The normalized spacial score (nSPS) is 10.7.